The van der Waals surface area contributed by atoms with Gasteiger partial charge in [0.25, 0.3) is 0 Å². The summed E-state index contributed by atoms with van der Waals surface area (Å²) < 4.78 is 5.31. The number of nitrogens with two attached hydrogens (primary N) is 1. The fourth-order valence-electron chi connectivity index (χ4n) is 1.77. The Kier molecular flexibility index (Phi) is 3.92. The van der Waals surface area contributed by atoms with Gasteiger partial charge in [0.15, 0.2) is 0 Å². The first-order valence-corrected chi connectivity index (χ1v) is 6.56. The van der Waals surface area contributed by atoms with Gasteiger partial charge in [0.1, 0.15) is 5.76 Å². The molecular weight excluding hydrogens is 230 g/mol. The van der Waals surface area contributed by atoms with E-state index in [2.05, 4.69) is 31.2 Å². The van der Waals surface area contributed by atoms with Crippen LogP contribution in [0.2, 0.25) is 0 Å². The number of rotatable bonds is 4. The fraction of sp³-hybridized carbons (Fsp3) is 0.286. The second kappa shape index (κ2) is 5.43. The second-order valence-electron chi connectivity index (χ2n) is 4.10. The van der Waals surface area contributed by atoms with E-state index in [0.717, 1.165) is 5.76 Å². The predicted molar refractivity (Wildman–Crippen MR) is 72.3 cm³/mol. The lowest BCUT2D eigenvalue weighted by Crippen LogP contribution is -2.09. The van der Waals surface area contributed by atoms with Crippen molar-refractivity contribution in [3.63, 3.8) is 0 Å². The molecule has 0 fully saturated rings. The first kappa shape index (κ1) is 12.3. The highest BCUT2D eigenvalue weighted by Crippen LogP contribution is 2.36. The summed E-state index contributed by atoms with van der Waals surface area (Å²) in [5, 5.41) is 0.284. The molecule has 0 aliphatic rings. The Labute approximate surface area is 106 Å². The maximum atomic E-state index is 5.87. The van der Waals surface area contributed by atoms with Crippen LogP contribution in [0.4, 0.5) is 0 Å². The highest BCUT2D eigenvalue weighted by molar-refractivity contribution is 7.99. The van der Waals surface area contributed by atoms with E-state index in [1.165, 1.54) is 16.0 Å². The molecule has 0 saturated carbocycles. The summed E-state index contributed by atoms with van der Waals surface area (Å²) in [5.74, 6) is 0.959. The molecule has 1 heterocycles. The molecule has 0 bridgehead atoms. The van der Waals surface area contributed by atoms with Crippen LogP contribution in [0.25, 0.3) is 0 Å². The number of aryl methyl sites for hydroxylation is 2. The van der Waals surface area contributed by atoms with Crippen LogP contribution in [0, 0.1) is 13.8 Å². The van der Waals surface area contributed by atoms with Gasteiger partial charge in [-0.3, -0.25) is 0 Å². The summed E-state index contributed by atoms with van der Waals surface area (Å²) in [6.45, 7) is 4.70. The van der Waals surface area contributed by atoms with Gasteiger partial charge in [0.05, 0.1) is 6.26 Å². The number of thioether (sulfide) groups is 1. The van der Waals surface area contributed by atoms with Crippen molar-refractivity contribution in [2.75, 3.05) is 6.54 Å². The summed E-state index contributed by atoms with van der Waals surface area (Å²) >= 11 is 1.77. The Morgan fingerprint density at radius 1 is 1.29 bits per heavy atom. The van der Waals surface area contributed by atoms with Crippen molar-refractivity contribution >= 4 is 11.8 Å². The van der Waals surface area contributed by atoms with Crippen LogP contribution >= 0.6 is 11.8 Å². The number of hydrogen-bond acceptors (Lipinski definition) is 3. The minimum Gasteiger partial charge on any atom is -0.468 e. The van der Waals surface area contributed by atoms with Crippen LogP contribution in [-0.4, -0.2) is 6.54 Å². The number of furan rings is 1. The molecule has 1 atom stereocenters. The number of benzene rings is 1. The van der Waals surface area contributed by atoms with E-state index in [-0.39, 0.29) is 5.25 Å². The highest BCUT2D eigenvalue weighted by atomic mass is 32.2. The normalized spacial score (nSPS) is 12.6. The van der Waals surface area contributed by atoms with Crippen molar-refractivity contribution in [2.24, 2.45) is 5.73 Å². The van der Waals surface area contributed by atoms with Gasteiger partial charge in [-0.25, -0.2) is 0 Å². The summed E-state index contributed by atoms with van der Waals surface area (Å²) in [6, 6.07) is 10.5. The fourth-order valence-corrected chi connectivity index (χ4v) is 2.81. The van der Waals surface area contributed by atoms with Crippen molar-refractivity contribution < 1.29 is 4.42 Å². The van der Waals surface area contributed by atoms with Gasteiger partial charge in [-0.05, 0) is 25.5 Å². The quantitative estimate of drug-likeness (QED) is 0.837. The summed E-state index contributed by atoms with van der Waals surface area (Å²) in [6.07, 6.45) is 1.72. The zero-order valence-corrected chi connectivity index (χ0v) is 11.0. The monoisotopic (exact) mass is 247 g/mol. The molecule has 2 N–H and O–H groups in total. The van der Waals surface area contributed by atoms with Gasteiger partial charge in [0.2, 0.25) is 0 Å². The highest BCUT2D eigenvalue weighted by Gasteiger charge is 2.13. The summed E-state index contributed by atoms with van der Waals surface area (Å²) in [4.78, 5) is 1.17. The average Bonchev–Trinajstić information content (AvgIpc) is 2.71. The minimum absolute atomic E-state index is 0.284. The van der Waals surface area contributed by atoms with E-state index in [1.54, 1.807) is 18.0 Å². The molecule has 2 rings (SSSR count). The van der Waals surface area contributed by atoms with E-state index in [4.69, 9.17) is 10.2 Å². The third-order valence-electron chi connectivity index (χ3n) is 2.71. The van der Waals surface area contributed by atoms with Crippen molar-refractivity contribution in [1.82, 2.24) is 0 Å². The van der Waals surface area contributed by atoms with E-state index in [0.29, 0.717) is 6.54 Å². The van der Waals surface area contributed by atoms with E-state index in [9.17, 15) is 0 Å². The maximum Gasteiger partial charge on any atom is 0.114 e. The Morgan fingerprint density at radius 3 is 2.71 bits per heavy atom. The molecule has 2 aromatic rings. The number of hydrogen-bond donors (Lipinski definition) is 1. The SMILES string of the molecule is Cc1cccc(C(CN)Sc2ccoc2C)c1. The molecule has 0 spiro atoms. The standard InChI is InChI=1S/C14H17NOS/c1-10-4-3-5-12(8-10)14(9-15)17-13-6-7-16-11(13)2/h3-8,14H,9,15H2,1-2H3. The van der Waals surface area contributed by atoms with Crippen molar-refractivity contribution in [1.29, 1.82) is 0 Å². The smallest absolute Gasteiger partial charge is 0.114 e. The molecule has 0 amide bonds. The zero-order valence-electron chi connectivity index (χ0n) is 10.1. The Morgan fingerprint density at radius 2 is 2.12 bits per heavy atom. The Balaban J connectivity index is 2.20. The van der Waals surface area contributed by atoms with E-state index in [1.807, 2.05) is 13.0 Å². The van der Waals surface area contributed by atoms with Gasteiger partial charge in [-0.15, -0.1) is 11.8 Å². The second-order valence-corrected chi connectivity index (χ2v) is 5.34. The van der Waals surface area contributed by atoms with E-state index < -0.39 is 0 Å². The zero-order chi connectivity index (χ0) is 12.3. The predicted octanol–water partition coefficient (Wildman–Crippen LogP) is 3.69. The molecule has 3 heteroatoms. The molecule has 2 nitrogen and oxygen atoms in total. The summed E-state index contributed by atoms with van der Waals surface area (Å²) in [7, 11) is 0. The maximum absolute atomic E-state index is 5.87. The molecule has 1 aromatic carbocycles. The van der Waals surface area contributed by atoms with Crippen molar-refractivity contribution in [2.45, 2.75) is 24.0 Å². The molecule has 1 unspecified atom stereocenters. The molecule has 0 aliphatic carbocycles. The third-order valence-corrected chi connectivity index (χ3v) is 4.14. The Bertz CT molecular complexity index is 492. The van der Waals surface area contributed by atoms with Gasteiger partial charge in [-0.1, -0.05) is 29.8 Å². The average molecular weight is 247 g/mol. The van der Waals surface area contributed by atoms with Crippen LogP contribution in [0.15, 0.2) is 45.9 Å². The molecule has 0 saturated heterocycles. The first-order valence-electron chi connectivity index (χ1n) is 5.68. The molecule has 17 heavy (non-hydrogen) atoms. The summed E-state index contributed by atoms with van der Waals surface area (Å²) in [5.41, 5.74) is 8.42. The molecule has 0 radical (unpaired) electrons. The van der Waals surface area contributed by atoms with Crippen LogP contribution in [-0.2, 0) is 0 Å². The van der Waals surface area contributed by atoms with Crippen LogP contribution < -0.4 is 5.73 Å². The lowest BCUT2D eigenvalue weighted by molar-refractivity contribution is 0.526. The first-order chi connectivity index (χ1) is 8.20. The molecule has 0 aliphatic heterocycles. The lowest BCUT2D eigenvalue weighted by Gasteiger charge is -2.14. The van der Waals surface area contributed by atoms with Crippen molar-refractivity contribution in [3.8, 4) is 0 Å². The molecular formula is C14H17NOS. The van der Waals surface area contributed by atoms with Gasteiger partial charge >= 0.3 is 0 Å². The van der Waals surface area contributed by atoms with Gasteiger partial charge in [0, 0.05) is 16.7 Å². The van der Waals surface area contributed by atoms with Gasteiger partial charge < -0.3 is 10.2 Å². The molecule has 1 aromatic heterocycles. The Hall–Kier alpha value is -1.19. The largest absolute Gasteiger partial charge is 0.468 e. The lowest BCUT2D eigenvalue weighted by atomic mass is 10.1. The topological polar surface area (TPSA) is 39.2 Å². The third kappa shape index (κ3) is 2.93. The van der Waals surface area contributed by atoms with Crippen LogP contribution in [0.5, 0.6) is 0 Å². The minimum atomic E-state index is 0.284. The molecule has 90 valence electrons. The van der Waals surface area contributed by atoms with Gasteiger partial charge in [-0.2, -0.15) is 0 Å². The van der Waals surface area contributed by atoms with Crippen LogP contribution in [0.1, 0.15) is 22.1 Å². The van der Waals surface area contributed by atoms with E-state index >= 15 is 0 Å². The van der Waals surface area contributed by atoms with Crippen molar-refractivity contribution in [3.05, 3.63) is 53.5 Å². The van der Waals surface area contributed by atoms with Crippen LogP contribution in [0.3, 0.4) is 0 Å².